The molecule has 0 amide bonds. The van der Waals surface area contributed by atoms with E-state index in [0.717, 1.165) is 17.7 Å². The van der Waals surface area contributed by atoms with Gasteiger partial charge < -0.3 is 45.2 Å². The highest BCUT2D eigenvalue weighted by Crippen LogP contribution is 2.36. The van der Waals surface area contributed by atoms with Crippen LogP contribution in [0.5, 0.6) is 23.0 Å². The largest absolute Gasteiger partial charge is 0.508 e. The average molecular weight is 436 g/mol. The fourth-order valence-corrected chi connectivity index (χ4v) is 3.30. The van der Waals surface area contributed by atoms with E-state index in [9.17, 15) is 40.5 Å². The van der Waals surface area contributed by atoms with Crippen molar-refractivity contribution in [3.63, 3.8) is 0 Å². The number of carbonyl (C=O) groups excluding carboxylic acids is 1. The van der Waals surface area contributed by atoms with E-state index in [0.29, 0.717) is 6.42 Å². The Morgan fingerprint density at radius 2 is 1.61 bits per heavy atom. The molecule has 0 radical (unpaired) electrons. The Balaban J connectivity index is 1.82. The Bertz CT molecular complexity index is 911. The van der Waals surface area contributed by atoms with Gasteiger partial charge in [-0.15, -0.1) is 0 Å². The highest BCUT2D eigenvalue weighted by molar-refractivity contribution is 6.01. The number of hydrogen-bond acceptors (Lipinski definition) is 10. The molecule has 5 atom stereocenters. The molecule has 0 spiro atoms. The van der Waals surface area contributed by atoms with Crippen LogP contribution in [0.3, 0.4) is 0 Å². The van der Waals surface area contributed by atoms with Crippen LogP contribution in [0.15, 0.2) is 36.4 Å². The van der Waals surface area contributed by atoms with Gasteiger partial charge in [0, 0.05) is 18.6 Å². The van der Waals surface area contributed by atoms with Crippen molar-refractivity contribution in [2.45, 2.75) is 43.5 Å². The summed E-state index contributed by atoms with van der Waals surface area (Å²) in [5.74, 6) is -1.74. The highest BCUT2D eigenvalue weighted by Gasteiger charge is 2.45. The smallest absolute Gasteiger partial charge is 0.229 e. The van der Waals surface area contributed by atoms with Crippen molar-refractivity contribution in [1.82, 2.24) is 0 Å². The maximum atomic E-state index is 12.8. The van der Waals surface area contributed by atoms with E-state index in [-0.39, 0.29) is 23.5 Å². The van der Waals surface area contributed by atoms with E-state index in [1.165, 1.54) is 12.1 Å². The van der Waals surface area contributed by atoms with Crippen molar-refractivity contribution in [3.8, 4) is 23.0 Å². The molecule has 0 bridgehead atoms. The van der Waals surface area contributed by atoms with E-state index in [1.54, 1.807) is 12.1 Å². The lowest BCUT2D eigenvalue weighted by atomic mass is 9.99. The van der Waals surface area contributed by atoms with E-state index >= 15 is 0 Å². The summed E-state index contributed by atoms with van der Waals surface area (Å²) in [5.41, 5.74) is 0.495. The summed E-state index contributed by atoms with van der Waals surface area (Å²) in [6.07, 6.45) is -7.61. The number of phenols is 3. The molecule has 1 aliphatic heterocycles. The quantitative estimate of drug-likeness (QED) is 0.288. The topological polar surface area (TPSA) is 177 Å². The van der Waals surface area contributed by atoms with Crippen molar-refractivity contribution >= 4 is 5.78 Å². The predicted molar refractivity (Wildman–Crippen MR) is 105 cm³/mol. The number of ketones is 1. The molecule has 0 aromatic heterocycles. The number of phenolic OH excluding ortho intramolecular Hbond substituents is 3. The number of aromatic hydroxyl groups is 3. The van der Waals surface area contributed by atoms with Gasteiger partial charge >= 0.3 is 0 Å². The van der Waals surface area contributed by atoms with Crippen LogP contribution in [0.2, 0.25) is 0 Å². The lowest BCUT2D eigenvalue weighted by molar-refractivity contribution is -0.277. The number of hydrogen-bond donors (Lipinski definition) is 7. The van der Waals surface area contributed by atoms with E-state index in [4.69, 9.17) is 9.47 Å². The predicted octanol–water partition coefficient (Wildman–Crippen LogP) is -0.202. The van der Waals surface area contributed by atoms with E-state index in [1.807, 2.05) is 0 Å². The summed E-state index contributed by atoms with van der Waals surface area (Å²) in [4.78, 5) is 12.8. The van der Waals surface area contributed by atoms with Crippen LogP contribution in [0.25, 0.3) is 0 Å². The summed E-state index contributed by atoms with van der Waals surface area (Å²) in [5, 5.41) is 68.6. The molecule has 0 saturated carbocycles. The second kappa shape index (κ2) is 9.50. The number of rotatable bonds is 7. The van der Waals surface area contributed by atoms with Crippen LogP contribution in [-0.2, 0) is 11.2 Å². The molecule has 2 aromatic carbocycles. The third-order valence-electron chi connectivity index (χ3n) is 5.01. The van der Waals surface area contributed by atoms with E-state index in [2.05, 4.69) is 0 Å². The van der Waals surface area contributed by atoms with Crippen LogP contribution < -0.4 is 4.74 Å². The number of aryl methyl sites for hydroxylation is 1. The lowest BCUT2D eigenvalue weighted by Crippen LogP contribution is -2.60. The first-order valence-electron chi connectivity index (χ1n) is 9.55. The minimum atomic E-state index is -1.73. The molecule has 3 rings (SSSR count). The van der Waals surface area contributed by atoms with Crippen molar-refractivity contribution < 1.29 is 50.0 Å². The Kier molecular flexibility index (Phi) is 6.98. The van der Waals surface area contributed by atoms with Crippen LogP contribution in [0.1, 0.15) is 22.3 Å². The number of aliphatic hydroxyl groups excluding tert-OH is 4. The fourth-order valence-electron chi connectivity index (χ4n) is 3.30. The summed E-state index contributed by atoms with van der Waals surface area (Å²) < 4.78 is 10.7. The molecule has 1 heterocycles. The van der Waals surface area contributed by atoms with Gasteiger partial charge in [0.1, 0.15) is 53.0 Å². The fraction of sp³-hybridized carbons (Fsp3) is 0.381. The number of ether oxygens (including phenoxy) is 2. The van der Waals surface area contributed by atoms with Crippen molar-refractivity contribution in [1.29, 1.82) is 0 Å². The molecule has 0 aliphatic carbocycles. The Labute approximate surface area is 177 Å². The monoisotopic (exact) mass is 436 g/mol. The van der Waals surface area contributed by atoms with Gasteiger partial charge in [-0.1, -0.05) is 12.1 Å². The van der Waals surface area contributed by atoms with Crippen LogP contribution in [-0.4, -0.2) is 78.8 Å². The third-order valence-corrected chi connectivity index (χ3v) is 5.01. The van der Waals surface area contributed by atoms with Crippen molar-refractivity contribution in [2.24, 2.45) is 0 Å². The lowest BCUT2D eigenvalue weighted by Gasteiger charge is -2.39. The second-order valence-corrected chi connectivity index (χ2v) is 7.24. The van der Waals surface area contributed by atoms with Crippen molar-refractivity contribution in [2.75, 3.05) is 6.61 Å². The maximum Gasteiger partial charge on any atom is 0.229 e. The Morgan fingerprint density at radius 1 is 0.935 bits per heavy atom. The summed E-state index contributed by atoms with van der Waals surface area (Å²) in [7, 11) is 0. The highest BCUT2D eigenvalue weighted by atomic mass is 16.7. The molecular formula is C21H24O10. The first-order valence-corrected chi connectivity index (χ1v) is 9.55. The standard InChI is InChI=1S/C21H24O10/c22-9-16-18(27)19(28)20(29)21(31-16)30-15-8-12(24)7-14(26)17(15)13(25)6-3-10-1-4-11(23)5-2-10/h1-2,4-5,7-8,16,18-24,26-29H,3,6,9H2/t16-,18-,19-,20+,21+/m1/s1. The Hall–Kier alpha value is -2.89. The number of benzene rings is 2. The summed E-state index contributed by atoms with van der Waals surface area (Å²) >= 11 is 0. The van der Waals surface area contributed by atoms with Crippen LogP contribution in [0, 0.1) is 0 Å². The molecule has 10 heteroatoms. The molecular weight excluding hydrogens is 412 g/mol. The molecule has 31 heavy (non-hydrogen) atoms. The minimum absolute atomic E-state index is 0.0475. The van der Waals surface area contributed by atoms with Gasteiger partial charge in [-0.2, -0.15) is 0 Å². The van der Waals surface area contributed by atoms with E-state index < -0.39 is 54.6 Å². The van der Waals surface area contributed by atoms with Gasteiger partial charge in [0.05, 0.1) is 6.61 Å². The molecule has 1 aliphatic rings. The third kappa shape index (κ3) is 5.06. The number of Topliss-reactive ketones (excluding diaryl/α,β-unsaturated/α-hetero) is 1. The van der Waals surface area contributed by atoms with Crippen molar-refractivity contribution in [3.05, 3.63) is 47.5 Å². The zero-order chi connectivity index (χ0) is 22.7. The first kappa shape index (κ1) is 22.8. The minimum Gasteiger partial charge on any atom is -0.508 e. The number of carbonyl (C=O) groups is 1. The molecule has 10 nitrogen and oxygen atoms in total. The normalized spacial score (nSPS) is 25.9. The molecule has 2 aromatic rings. The summed E-state index contributed by atoms with van der Waals surface area (Å²) in [6, 6.07) is 8.23. The van der Waals surface area contributed by atoms with Gasteiger partial charge in [-0.05, 0) is 24.1 Å². The summed E-state index contributed by atoms with van der Waals surface area (Å²) in [6.45, 7) is -0.672. The first-order chi connectivity index (χ1) is 14.7. The SMILES string of the molecule is O=C(CCc1ccc(O)cc1)c1c(O)cc(O)cc1O[C@H]1O[C@H](CO)[C@@H](O)[C@@H](O)[C@@H]1O. The maximum absolute atomic E-state index is 12.8. The zero-order valence-electron chi connectivity index (χ0n) is 16.3. The van der Waals surface area contributed by atoms with Gasteiger partial charge in [0.15, 0.2) is 5.78 Å². The number of aliphatic hydroxyl groups is 4. The second-order valence-electron chi connectivity index (χ2n) is 7.24. The van der Waals surface area contributed by atoms with Crippen LogP contribution >= 0.6 is 0 Å². The molecule has 1 saturated heterocycles. The molecule has 168 valence electrons. The molecule has 7 N–H and O–H groups in total. The van der Waals surface area contributed by atoms with Gasteiger partial charge in [-0.3, -0.25) is 4.79 Å². The average Bonchev–Trinajstić information content (AvgIpc) is 2.73. The van der Waals surface area contributed by atoms with Crippen LogP contribution in [0.4, 0.5) is 0 Å². The van der Waals surface area contributed by atoms with Gasteiger partial charge in [0.25, 0.3) is 0 Å². The molecule has 0 unspecified atom stereocenters. The van der Waals surface area contributed by atoms with Gasteiger partial charge in [-0.25, -0.2) is 0 Å². The molecule has 1 fully saturated rings. The Morgan fingerprint density at radius 3 is 2.26 bits per heavy atom. The van der Waals surface area contributed by atoms with Gasteiger partial charge in [0.2, 0.25) is 6.29 Å². The zero-order valence-corrected chi connectivity index (χ0v) is 16.3.